The highest BCUT2D eigenvalue weighted by molar-refractivity contribution is 5.19. The molecule has 0 heterocycles. The maximum absolute atomic E-state index is 13.3. The van der Waals surface area contributed by atoms with Gasteiger partial charge in [-0.15, -0.1) is 6.58 Å². The number of rotatable bonds is 8. The van der Waals surface area contributed by atoms with E-state index in [1.807, 2.05) is 0 Å². The van der Waals surface area contributed by atoms with Crippen molar-refractivity contribution in [2.24, 2.45) is 0 Å². The number of halogens is 1. The molecule has 94 valence electrons. The van der Waals surface area contributed by atoms with Crippen LogP contribution in [0.15, 0.2) is 36.9 Å². The molecule has 0 bridgehead atoms. The molecule has 0 aromatic heterocycles. The van der Waals surface area contributed by atoms with Crippen LogP contribution in [-0.2, 0) is 4.74 Å². The van der Waals surface area contributed by atoms with Gasteiger partial charge >= 0.3 is 0 Å². The van der Waals surface area contributed by atoms with E-state index in [1.54, 1.807) is 24.3 Å². The average Bonchev–Trinajstić information content (AvgIpc) is 2.34. The summed E-state index contributed by atoms with van der Waals surface area (Å²) >= 11 is 0. The van der Waals surface area contributed by atoms with E-state index in [4.69, 9.17) is 4.74 Å². The van der Waals surface area contributed by atoms with E-state index in [0.29, 0.717) is 31.9 Å². The van der Waals surface area contributed by atoms with Crippen LogP contribution in [-0.4, -0.2) is 31.4 Å². The number of ether oxygens (including phenoxy) is 1. The van der Waals surface area contributed by atoms with Gasteiger partial charge in [0.25, 0.3) is 0 Å². The summed E-state index contributed by atoms with van der Waals surface area (Å²) in [5.41, 5.74) is 0.312. The number of hydrogen-bond donors (Lipinski definition) is 2. The molecule has 0 aliphatic carbocycles. The van der Waals surface area contributed by atoms with Crippen LogP contribution in [0.25, 0.3) is 0 Å². The van der Waals surface area contributed by atoms with Crippen LogP contribution in [0, 0.1) is 5.82 Å². The number of aliphatic hydroxyl groups excluding tert-OH is 1. The Morgan fingerprint density at radius 2 is 2.24 bits per heavy atom. The first kappa shape index (κ1) is 13.8. The number of nitrogens with one attached hydrogen (secondary N) is 1. The molecule has 4 heteroatoms. The number of hydrogen-bond acceptors (Lipinski definition) is 3. The summed E-state index contributed by atoms with van der Waals surface area (Å²) in [6, 6.07) is 6.22. The van der Waals surface area contributed by atoms with E-state index >= 15 is 0 Å². The van der Waals surface area contributed by atoms with Crippen molar-refractivity contribution in [3.8, 4) is 0 Å². The highest BCUT2D eigenvalue weighted by Crippen LogP contribution is 2.15. The average molecular weight is 239 g/mol. The zero-order valence-electron chi connectivity index (χ0n) is 9.73. The summed E-state index contributed by atoms with van der Waals surface area (Å²) in [4.78, 5) is 0. The molecule has 0 radical (unpaired) electrons. The molecule has 1 atom stereocenters. The predicted molar refractivity (Wildman–Crippen MR) is 65.2 cm³/mol. The van der Waals surface area contributed by atoms with E-state index in [9.17, 15) is 9.50 Å². The van der Waals surface area contributed by atoms with Crippen LogP contribution >= 0.6 is 0 Å². The Balaban J connectivity index is 2.23. The van der Waals surface area contributed by atoms with Crippen molar-refractivity contribution in [1.29, 1.82) is 0 Å². The predicted octanol–water partition coefficient (Wildman–Crippen LogP) is 1.65. The highest BCUT2D eigenvalue weighted by atomic mass is 19.1. The molecular formula is C13H18FNO2. The molecule has 17 heavy (non-hydrogen) atoms. The lowest BCUT2D eigenvalue weighted by molar-refractivity contribution is 0.145. The first-order chi connectivity index (χ1) is 8.25. The molecule has 1 unspecified atom stereocenters. The Morgan fingerprint density at radius 1 is 1.47 bits per heavy atom. The lowest BCUT2D eigenvalue weighted by Crippen LogP contribution is -2.25. The molecule has 0 spiro atoms. The second-order valence-corrected chi connectivity index (χ2v) is 3.61. The Morgan fingerprint density at radius 3 is 2.94 bits per heavy atom. The van der Waals surface area contributed by atoms with Crippen molar-refractivity contribution < 1.29 is 14.2 Å². The van der Waals surface area contributed by atoms with Gasteiger partial charge in [0.05, 0.1) is 19.3 Å². The van der Waals surface area contributed by atoms with E-state index in [2.05, 4.69) is 11.9 Å². The summed E-state index contributed by atoms with van der Waals surface area (Å²) < 4.78 is 18.5. The van der Waals surface area contributed by atoms with Gasteiger partial charge < -0.3 is 15.2 Å². The van der Waals surface area contributed by atoms with Crippen molar-refractivity contribution >= 4 is 0 Å². The quantitative estimate of drug-likeness (QED) is 0.535. The molecule has 2 N–H and O–H groups in total. The minimum absolute atomic E-state index is 0.304. The van der Waals surface area contributed by atoms with E-state index in [-0.39, 0.29) is 5.82 Å². The fourth-order valence-electron chi connectivity index (χ4n) is 1.41. The van der Waals surface area contributed by atoms with Gasteiger partial charge in [-0.2, -0.15) is 0 Å². The van der Waals surface area contributed by atoms with E-state index in [0.717, 1.165) is 0 Å². The van der Waals surface area contributed by atoms with Crippen molar-refractivity contribution in [3.05, 3.63) is 48.3 Å². The van der Waals surface area contributed by atoms with Gasteiger partial charge in [0.2, 0.25) is 0 Å². The Kier molecular flexibility index (Phi) is 6.47. The van der Waals surface area contributed by atoms with E-state index in [1.165, 1.54) is 6.07 Å². The zero-order chi connectivity index (χ0) is 12.5. The lowest BCUT2D eigenvalue weighted by atomic mass is 10.1. The molecule has 3 nitrogen and oxygen atoms in total. The summed E-state index contributed by atoms with van der Waals surface area (Å²) in [7, 11) is 0. The first-order valence-corrected chi connectivity index (χ1v) is 5.57. The van der Waals surface area contributed by atoms with Crippen LogP contribution in [0.5, 0.6) is 0 Å². The first-order valence-electron chi connectivity index (χ1n) is 5.57. The largest absolute Gasteiger partial charge is 0.387 e. The molecule has 0 saturated heterocycles. The monoisotopic (exact) mass is 239 g/mol. The van der Waals surface area contributed by atoms with Crippen LogP contribution in [0.3, 0.4) is 0 Å². The van der Waals surface area contributed by atoms with Gasteiger partial charge in [-0.1, -0.05) is 24.3 Å². The Hall–Kier alpha value is -1.23. The minimum atomic E-state index is -0.837. The van der Waals surface area contributed by atoms with Gasteiger partial charge in [0.1, 0.15) is 5.82 Å². The highest BCUT2D eigenvalue weighted by Gasteiger charge is 2.10. The molecule has 1 aromatic rings. The summed E-state index contributed by atoms with van der Waals surface area (Å²) in [6.45, 7) is 5.49. The van der Waals surface area contributed by atoms with Gasteiger partial charge in [-0.05, 0) is 6.07 Å². The molecule has 1 aromatic carbocycles. The molecule has 0 aliphatic rings. The van der Waals surface area contributed by atoms with Crippen molar-refractivity contribution in [2.45, 2.75) is 6.10 Å². The molecule has 0 amide bonds. The van der Waals surface area contributed by atoms with Gasteiger partial charge in [-0.3, -0.25) is 0 Å². The maximum Gasteiger partial charge on any atom is 0.129 e. The second kappa shape index (κ2) is 7.95. The SMILES string of the molecule is C=CCOCCNCC(O)c1ccccc1F. The van der Waals surface area contributed by atoms with E-state index < -0.39 is 6.10 Å². The summed E-state index contributed by atoms with van der Waals surface area (Å²) in [6.07, 6.45) is 0.837. The fraction of sp³-hybridized carbons (Fsp3) is 0.385. The lowest BCUT2D eigenvalue weighted by Gasteiger charge is -2.12. The third-order valence-corrected chi connectivity index (χ3v) is 2.26. The van der Waals surface area contributed by atoms with Crippen molar-refractivity contribution in [1.82, 2.24) is 5.32 Å². The van der Waals surface area contributed by atoms with Crippen LogP contribution < -0.4 is 5.32 Å². The minimum Gasteiger partial charge on any atom is -0.387 e. The maximum atomic E-state index is 13.3. The number of benzene rings is 1. The summed E-state index contributed by atoms with van der Waals surface area (Å²) in [5, 5.41) is 12.7. The summed E-state index contributed by atoms with van der Waals surface area (Å²) in [5.74, 6) is -0.385. The van der Waals surface area contributed by atoms with Gasteiger partial charge in [0, 0.05) is 18.7 Å². The molecule has 0 saturated carbocycles. The topological polar surface area (TPSA) is 41.5 Å². The second-order valence-electron chi connectivity index (χ2n) is 3.61. The third-order valence-electron chi connectivity index (χ3n) is 2.26. The number of aliphatic hydroxyl groups is 1. The van der Waals surface area contributed by atoms with Crippen molar-refractivity contribution in [2.75, 3.05) is 26.3 Å². The third kappa shape index (κ3) is 5.08. The molecule has 1 rings (SSSR count). The Bertz CT molecular complexity index is 344. The zero-order valence-corrected chi connectivity index (χ0v) is 9.73. The van der Waals surface area contributed by atoms with Crippen molar-refractivity contribution in [3.63, 3.8) is 0 Å². The standard InChI is InChI=1S/C13H18FNO2/c1-2-8-17-9-7-15-10-13(16)11-5-3-4-6-12(11)14/h2-6,13,15-16H,1,7-10H2. The molecular weight excluding hydrogens is 221 g/mol. The normalized spacial score (nSPS) is 12.4. The van der Waals surface area contributed by atoms with Crippen LogP contribution in [0.1, 0.15) is 11.7 Å². The van der Waals surface area contributed by atoms with Crippen LogP contribution in [0.4, 0.5) is 4.39 Å². The van der Waals surface area contributed by atoms with Crippen LogP contribution in [0.2, 0.25) is 0 Å². The fourth-order valence-corrected chi connectivity index (χ4v) is 1.41. The Labute approximate surface area is 101 Å². The molecule has 0 fully saturated rings. The van der Waals surface area contributed by atoms with Gasteiger partial charge in [0.15, 0.2) is 0 Å². The smallest absolute Gasteiger partial charge is 0.129 e. The van der Waals surface area contributed by atoms with Gasteiger partial charge in [-0.25, -0.2) is 4.39 Å². The molecule has 0 aliphatic heterocycles.